The molecule has 0 aliphatic heterocycles. The van der Waals surface area contributed by atoms with Crippen molar-refractivity contribution in [2.75, 3.05) is 6.54 Å². The molecule has 1 atom stereocenters. The van der Waals surface area contributed by atoms with Gasteiger partial charge in [-0.3, -0.25) is 0 Å². The SMILES string of the molecule is NCC[C@H](O)CC12CC3CC(CC(C3)C1)C2. The molecule has 0 heterocycles. The van der Waals surface area contributed by atoms with Gasteiger partial charge in [0.25, 0.3) is 0 Å². The lowest BCUT2D eigenvalue weighted by Gasteiger charge is -2.57. The number of hydrogen-bond acceptors (Lipinski definition) is 2. The molecule has 4 bridgehead atoms. The summed E-state index contributed by atoms with van der Waals surface area (Å²) in [5.74, 6) is 2.99. The molecule has 2 nitrogen and oxygen atoms in total. The third-order valence-electron chi connectivity index (χ3n) is 5.33. The molecular formula is C14H25NO. The van der Waals surface area contributed by atoms with Crippen molar-refractivity contribution < 1.29 is 5.11 Å². The van der Waals surface area contributed by atoms with E-state index in [1.54, 1.807) is 0 Å². The zero-order valence-corrected chi connectivity index (χ0v) is 10.2. The summed E-state index contributed by atoms with van der Waals surface area (Å²) < 4.78 is 0. The van der Waals surface area contributed by atoms with E-state index in [4.69, 9.17) is 5.73 Å². The van der Waals surface area contributed by atoms with Gasteiger partial charge in [0.05, 0.1) is 6.10 Å². The Morgan fingerprint density at radius 1 is 1.06 bits per heavy atom. The van der Waals surface area contributed by atoms with Crippen molar-refractivity contribution in [3.05, 3.63) is 0 Å². The first kappa shape index (κ1) is 11.0. The number of aliphatic hydroxyl groups excluding tert-OH is 1. The van der Waals surface area contributed by atoms with Gasteiger partial charge in [0, 0.05) is 0 Å². The smallest absolute Gasteiger partial charge is 0.0557 e. The van der Waals surface area contributed by atoms with Crippen LogP contribution in [0, 0.1) is 23.2 Å². The Kier molecular flexibility index (Phi) is 2.75. The Morgan fingerprint density at radius 2 is 1.56 bits per heavy atom. The summed E-state index contributed by atoms with van der Waals surface area (Å²) in [6.45, 7) is 0.632. The van der Waals surface area contributed by atoms with Gasteiger partial charge in [-0.15, -0.1) is 0 Å². The maximum Gasteiger partial charge on any atom is 0.0557 e. The fourth-order valence-corrected chi connectivity index (χ4v) is 5.33. The molecule has 0 aromatic heterocycles. The molecule has 4 fully saturated rings. The van der Waals surface area contributed by atoms with Crippen LogP contribution in [0.2, 0.25) is 0 Å². The van der Waals surface area contributed by atoms with Crippen LogP contribution in [0.4, 0.5) is 0 Å². The third kappa shape index (κ3) is 1.91. The Morgan fingerprint density at radius 3 is 2.00 bits per heavy atom. The molecular weight excluding hydrogens is 198 g/mol. The van der Waals surface area contributed by atoms with Crippen molar-refractivity contribution in [1.29, 1.82) is 0 Å². The Hall–Kier alpha value is -0.0800. The van der Waals surface area contributed by atoms with Crippen molar-refractivity contribution >= 4 is 0 Å². The molecule has 92 valence electrons. The molecule has 4 aliphatic carbocycles. The van der Waals surface area contributed by atoms with Gasteiger partial charge in [-0.1, -0.05) is 0 Å². The summed E-state index contributed by atoms with van der Waals surface area (Å²) in [6.07, 6.45) is 10.4. The predicted octanol–water partition coefficient (Wildman–Crippen LogP) is 2.30. The van der Waals surface area contributed by atoms with Crippen molar-refractivity contribution in [2.45, 2.75) is 57.5 Å². The normalized spacial score (nSPS) is 47.2. The first-order valence-electron chi connectivity index (χ1n) is 7.07. The second-order valence-corrected chi connectivity index (χ2v) is 6.85. The van der Waals surface area contributed by atoms with Crippen LogP contribution in [0.5, 0.6) is 0 Å². The van der Waals surface area contributed by atoms with Crippen LogP contribution in [0.25, 0.3) is 0 Å². The van der Waals surface area contributed by atoms with Crippen molar-refractivity contribution in [3.8, 4) is 0 Å². The van der Waals surface area contributed by atoms with Gasteiger partial charge >= 0.3 is 0 Å². The number of hydrogen-bond donors (Lipinski definition) is 2. The predicted molar refractivity (Wildman–Crippen MR) is 64.9 cm³/mol. The van der Waals surface area contributed by atoms with Crippen LogP contribution in [-0.4, -0.2) is 17.8 Å². The van der Waals surface area contributed by atoms with Crippen LogP contribution >= 0.6 is 0 Å². The highest BCUT2D eigenvalue weighted by Crippen LogP contribution is 2.61. The van der Waals surface area contributed by atoms with E-state index >= 15 is 0 Å². The van der Waals surface area contributed by atoms with Crippen LogP contribution in [0.3, 0.4) is 0 Å². The topological polar surface area (TPSA) is 46.2 Å². The highest BCUT2D eigenvalue weighted by Gasteiger charge is 2.51. The average molecular weight is 223 g/mol. The summed E-state index contributed by atoms with van der Waals surface area (Å²) in [6, 6.07) is 0. The summed E-state index contributed by atoms with van der Waals surface area (Å²) in [7, 11) is 0. The quantitative estimate of drug-likeness (QED) is 0.768. The monoisotopic (exact) mass is 223 g/mol. The molecule has 0 radical (unpaired) electrons. The van der Waals surface area contributed by atoms with E-state index < -0.39 is 0 Å². The largest absolute Gasteiger partial charge is 0.393 e. The van der Waals surface area contributed by atoms with Crippen LogP contribution < -0.4 is 5.73 Å². The number of aliphatic hydroxyl groups is 1. The molecule has 0 amide bonds. The molecule has 0 unspecified atom stereocenters. The first-order valence-corrected chi connectivity index (χ1v) is 7.07. The second-order valence-electron chi connectivity index (χ2n) is 6.85. The zero-order chi connectivity index (χ0) is 11.2. The van der Waals surface area contributed by atoms with E-state index in [0.717, 1.165) is 30.6 Å². The molecule has 0 saturated heterocycles. The lowest BCUT2D eigenvalue weighted by Crippen LogP contribution is -2.47. The van der Waals surface area contributed by atoms with Crippen LogP contribution in [-0.2, 0) is 0 Å². The van der Waals surface area contributed by atoms with Crippen molar-refractivity contribution in [3.63, 3.8) is 0 Å². The molecule has 16 heavy (non-hydrogen) atoms. The van der Waals surface area contributed by atoms with Gasteiger partial charge in [0.2, 0.25) is 0 Å². The maximum atomic E-state index is 10.0. The fourth-order valence-electron chi connectivity index (χ4n) is 5.33. The minimum atomic E-state index is -0.138. The number of rotatable bonds is 4. The lowest BCUT2D eigenvalue weighted by atomic mass is 9.48. The molecule has 2 heteroatoms. The van der Waals surface area contributed by atoms with Crippen molar-refractivity contribution in [1.82, 2.24) is 0 Å². The molecule has 4 saturated carbocycles. The summed E-state index contributed by atoms with van der Waals surface area (Å²) in [5, 5.41) is 10.0. The van der Waals surface area contributed by atoms with E-state index in [1.807, 2.05) is 0 Å². The van der Waals surface area contributed by atoms with Gasteiger partial charge in [-0.2, -0.15) is 0 Å². The standard InChI is InChI=1S/C14H25NO/c15-2-1-13(16)9-14-6-10-3-11(7-14)5-12(4-10)8-14/h10-13,16H,1-9,15H2/t10?,11?,12?,13-,14?/m0/s1. The van der Waals surface area contributed by atoms with Gasteiger partial charge in [-0.05, 0) is 81.1 Å². The Labute approximate surface area is 98.6 Å². The van der Waals surface area contributed by atoms with E-state index in [9.17, 15) is 5.11 Å². The third-order valence-corrected chi connectivity index (χ3v) is 5.33. The zero-order valence-electron chi connectivity index (χ0n) is 10.2. The number of nitrogens with two attached hydrogens (primary N) is 1. The first-order chi connectivity index (χ1) is 7.69. The molecule has 0 spiro atoms. The molecule has 4 rings (SSSR count). The Bertz CT molecular complexity index is 228. The van der Waals surface area contributed by atoms with Crippen LogP contribution in [0.1, 0.15) is 51.4 Å². The van der Waals surface area contributed by atoms with Gasteiger partial charge in [-0.25, -0.2) is 0 Å². The maximum absolute atomic E-state index is 10.0. The highest BCUT2D eigenvalue weighted by molar-refractivity contribution is 5.01. The summed E-state index contributed by atoms with van der Waals surface area (Å²) in [5.41, 5.74) is 6.05. The van der Waals surface area contributed by atoms with E-state index in [2.05, 4.69) is 0 Å². The summed E-state index contributed by atoms with van der Waals surface area (Å²) >= 11 is 0. The molecule has 3 N–H and O–H groups in total. The lowest BCUT2D eigenvalue weighted by molar-refractivity contribution is -0.0762. The second kappa shape index (κ2) is 3.99. The van der Waals surface area contributed by atoms with E-state index in [-0.39, 0.29) is 6.10 Å². The molecule has 0 aromatic carbocycles. The highest BCUT2D eigenvalue weighted by atomic mass is 16.3. The fraction of sp³-hybridized carbons (Fsp3) is 1.00. The average Bonchev–Trinajstić information content (AvgIpc) is 2.13. The van der Waals surface area contributed by atoms with Crippen molar-refractivity contribution in [2.24, 2.45) is 28.9 Å². The Balaban J connectivity index is 1.68. The molecule has 0 aromatic rings. The van der Waals surface area contributed by atoms with Gasteiger partial charge in [0.15, 0.2) is 0 Å². The minimum absolute atomic E-state index is 0.138. The van der Waals surface area contributed by atoms with Crippen LogP contribution in [0.15, 0.2) is 0 Å². The van der Waals surface area contributed by atoms with Gasteiger partial charge < -0.3 is 10.8 Å². The van der Waals surface area contributed by atoms with E-state index in [1.165, 1.54) is 38.5 Å². The van der Waals surface area contributed by atoms with Gasteiger partial charge in [0.1, 0.15) is 0 Å². The minimum Gasteiger partial charge on any atom is -0.393 e. The van der Waals surface area contributed by atoms with E-state index in [0.29, 0.717) is 12.0 Å². The summed E-state index contributed by atoms with van der Waals surface area (Å²) in [4.78, 5) is 0. The molecule has 4 aliphatic rings.